The fourth-order valence-corrected chi connectivity index (χ4v) is 2.55. The molecule has 0 aliphatic rings. The lowest BCUT2D eigenvalue weighted by molar-refractivity contribution is 0.483. The summed E-state index contributed by atoms with van der Waals surface area (Å²) in [6.07, 6.45) is 3.03. The molecule has 4 rings (SSSR count). The van der Waals surface area contributed by atoms with Crippen molar-refractivity contribution in [2.45, 2.75) is 6.54 Å². The summed E-state index contributed by atoms with van der Waals surface area (Å²) in [5.74, 6) is 0.737. The van der Waals surface area contributed by atoms with Crippen LogP contribution in [0, 0.1) is 0 Å². The molecule has 0 N–H and O–H groups in total. The van der Waals surface area contributed by atoms with Crippen molar-refractivity contribution >= 4 is 27.0 Å². The molecule has 0 unspecified atom stereocenters. The van der Waals surface area contributed by atoms with E-state index >= 15 is 0 Å². The number of aromatic nitrogens is 5. The van der Waals surface area contributed by atoms with Gasteiger partial charge in [-0.15, -0.1) is 10.2 Å². The molecule has 0 atom stereocenters. The second-order valence-electron chi connectivity index (χ2n) is 5.06. The highest BCUT2D eigenvalue weighted by atomic mass is 79.9. The van der Waals surface area contributed by atoms with Crippen LogP contribution in [0.15, 0.2) is 62.6 Å². The van der Waals surface area contributed by atoms with E-state index in [-0.39, 0.29) is 12.1 Å². The third kappa shape index (κ3) is 2.71. The van der Waals surface area contributed by atoms with Crippen molar-refractivity contribution in [3.63, 3.8) is 0 Å². The molecule has 0 saturated heterocycles. The number of hydrogen-bond donors (Lipinski definition) is 0. The number of hydrogen-bond acceptors (Lipinski definition) is 6. The quantitative estimate of drug-likeness (QED) is 0.540. The van der Waals surface area contributed by atoms with Gasteiger partial charge in [-0.2, -0.15) is 0 Å². The zero-order valence-corrected chi connectivity index (χ0v) is 13.8. The molecule has 0 bridgehead atoms. The van der Waals surface area contributed by atoms with Gasteiger partial charge in [-0.05, 0) is 36.4 Å². The Hall–Kier alpha value is -2.87. The van der Waals surface area contributed by atoms with Gasteiger partial charge in [-0.1, -0.05) is 15.9 Å². The van der Waals surface area contributed by atoms with Gasteiger partial charge in [0.25, 0.3) is 5.56 Å². The molecule has 0 aliphatic heterocycles. The van der Waals surface area contributed by atoms with E-state index in [1.807, 2.05) is 24.3 Å². The molecule has 0 spiro atoms. The summed E-state index contributed by atoms with van der Waals surface area (Å²) in [5, 5.41) is 8.48. The highest BCUT2D eigenvalue weighted by Gasteiger charge is 2.11. The highest BCUT2D eigenvalue weighted by Crippen LogP contribution is 2.20. The molecule has 1 aromatic carbocycles. The minimum Gasteiger partial charge on any atom is -0.419 e. The fourth-order valence-electron chi connectivity index (χ4n) is 2.28. The molecular weight excluding hydrogens is 374 g/mol. The van der Waals surface area contributed by atoms with Crippen molar-refractivity contribution in [2.24, 2.45) is 0 Å². The molecule has 0 amide bonds. The summed E-state index contributed by atoms with van der Waals surface area (Å²) in [4.78, 5) is 20.7. The van der Waals surface area contributed by atoms with E-state index in [4.69, 9.17) is 4.42 Å². The number of benzene rings is 1. The lowest BCUT2D eigenvalue weighted by Gasteiger charge is -2.02. The molecule has 0 saturated carbocycles. The number of rotatable bonds is 3. The van der Waals surface area contributed by atoms with Crippen LogP contribution in [0.3, 0.4) is 0 Å². The predicted octanol–water partition coefficient (Wildman–Crippen LogP) is 2.65. The Labute approximate surface area is 144 Å². The first-order chi connectivity index (χ1) is 11.7. The Balaban J connectivity index is 1.66. The molecule has 118 valence electrons. The van der Waals surface area contributed by atoms with Crippen molar-refractivity contribution in [2.75, 3.05) is 0 Å². The van der Waals surface area contributed by atoms with E-state index in [0.29, 0.717) is 22.8 Å². The molecule has 0 aliphatic carbocycles. The van der Waals surface area contributed by atoms with Gasteiger partial charge in [0.15, 0.2) is 5.65 Å². The lowest BCUT2D eigenvalue weighted by Crippen LogP contribution is -2.21. The maximum Gasteiger partial charge on any atom is 0.263 e. The van der Waals surface area contributed by atoms with Crippen LogP contribution in [-0.4, -0.2) is 24.7 Å². The third-order valence-electron chi connectivity index (χ3n) is 3.46. The Kier molecular flexibility index (Phi) is 3.66. The normalized spacial score (nSPS) is 11.0. The van der Waals surface area contributed by atoms with E-state index in [9.17, 15) is 4.79 Å². The van der Waals surface area contributed by atoms with Crippen molar-refractivity contribution in [1.82, 2.24) is 24.7 Å². The Morgan fingerprint density at radius 2 is 1.92 bits per heavy atom. The largest absolute Gasteiger partial charge is 0.419 e. The predicted molar refractivity (Wildman–Crippen MR) is 90.3 cm³/mol. The van der Waals surface area contributed by atoms with Gasteiger partial charge >= 0.3 is 0 Å². The number of pyridine rings is 1. The summed E-state index contributed by atoms with van der Waals surface area (Å²) in [5.41, 5.74) is 1.03. The Morgan fingerprint density at radius 1 is 1.08 bits per heavy atom. The summed E-state index contributed by atoms with van der Waals surface area (Å²) < 4.78 is 8.03. The monoisotopic (exact) mass is 383 g/mol. The minimum absolute atomic E-state index is 0.153. The highest BCUT2D eigenvalue weighted by molar-refractivity contribution is 9.10. The fraction of sp³-hybridized carbons (Fsp3) is 0.0625. The van der Waals surface area contributed by atoms with Crippen molar-refractivity contribution in [3.8, 4) is 11.5 Å². The number of halogens is 1. The second kappa shape index (κ2) is 5.97. The lowest BCUT2D eigenvalue weighted by atomic mass is 10.2. The smallest absolute Gasteiger partial charge is 0.263 e. The summed E-state index contributed by atoms with van der Waals surface area (Å²) in [6, 6.07) is 10.9. The molecule has 0 fully saturated rings. The van der Waals surface area contributed by atoms with E-state index in [1.54, 1.807) is 18.3 Å². The zero-order valence-electron chi connectivity index (χ0n) is 12.3. The van der Waals surface area contributed by atoms with Crippen LogP contribution >= 0.6 is 15.9 Å². The van der Waals surface area contributed by atoms with Gasteiger partial charge in [0.2, 0.25) is 11.8 Å². The van der Waals surface area contributed by atoms with Crippen molar-refractivity contribution < 1.29 is 4.42 Å². The number of nitrogens with zero attached hydrogens (tertiary/aromatic N) is 5. The van der Waals surface area contributed by atoms with E-state index < -0.39 is 0 Å². The molecule has 0 radical (unpaired) electrons. The molecule has 8 heteroatoms. The molecule has 3 heterocycles. The first-order valence-electron chi connectivity index (χ1n) is 7.09. The van der Waals surface area contributed by atoms with Crippen LogP contribution in [0.5, 0.6) is 0 Å². The maximum absolute atomic E-state index is 12.4. The summed E-state index contributed by atoms with van der Waals surface area (Å²) in [7, 11) is 0. The topological polar surface area (TPSA) is 86.7 Å². The summed E-state index contributed by atoms with van der Waals surface area (Å²) in [6.45, 7) is 0.153. The van der Waals surface area contributed by atoms with Crippen molar-refractivity contribution in [3.05, 3.63) is 69.6 Å². The van der Waals surface area contributed by atoms with E-state index in [1.165, 1.54) is 10.9 Å². The van der Waals surface area contributed by atoms with Crippen LogP contribution in [-0.2, 0) is 6.54 Å². The standard InChI is InChI=1S/C16H10BrN5O2/c17-11-5-3-10(4-6-11)15-21-20-13(24-15)8-22-9-19-14-12(16(22)23)2-1-7-18-14/h1-7,9H,8H2. The van der Waals surface area contributed by atoms with E-state index in [2.05, 4.69) is 36.1 Å². The molecule has 4 aromatic rings. The Bertz CT molecular complexity index is 1070. The van der Waals surface area contributed by atoms with Gasteiger partial charge in [0, 0.05) is 16.2 Å². The van der Waals surface area contributed by atoms with Gasteiger partial charge in [0.05, 0.1) is 5.39 Å². The van der Waals surface area contributed by atoms with Gasteiger partial charge < -0.3 is 4.42 Å². The summed E-state index contributed by atoms with van der Waals surface area (Å²) >= 11 is 3.38. The molecule has 7 nitrogen and oxygen atoms in total. The van der Waals surface area contributed by atoms with Crippen LogP contribution < -0.4 is 5.56 Å². The van der Waals surface area contributed by atoms with Crippen LogP contribution in [0.4, 0.5) is 0 Å². The minimum atomic E-state index is -0.198. The average molecular weight is 384 g/mol. The third-order valence-corrected chi connectivity index (χ3v) is 3.99. The van der Waals surface area contributed by atoms with Gasteiger partial charge in [-0.3, -0.25) is 9.36 Å². The molecule has 3 aromatic heterocycles. The van der Waals surface area contributed by atoms with E-state index in [0.717, 1.165) is 10.0 Å². The van der Waals surface area contributed by atoms with Crippen molar-refractivity contribution in [1.29, 1.82) is 0 Å². The number of fused-ring (bicyclic) bond motifs is 1. The first kappa shape index (κ1) is 14.7. The Morgan fingerprint density at radius 3 is 2.75 bits per heavy atom. The SMILES string of the molecule is O=c1c2cccnc2ncn1Cc1nnc(-c2ccc(Br)cc2)o1. The second-order valence-corrected chi connectivity index (χ2v) is 5.98. The van der Waals surface area contributed by atoms with Crippen LogP contribution in [0.25, 0.3) is 22.5 Å². The van der Waals surface area contributed by atoms with Gasteiger partial charge in [-0.25, -0.2) is 9.97 Å². The van der Waals surface area contributed by atoms with Crippen LogP contribution in [0.1, 0.15) is 5.89 Å². The molecule has 24 heavy (non-hydrogen) atoms. The average Bonchev–Trinajstić information content (AvgIpc) is 3.07. The molecular formula is C16H10BrN5O2. The van der Waals surface area contributed by atoms with Crippen LogP contribution in [0.2, 0.25) is 0 Å². The maximum atomic E-state index is 12.4. The zero-order chi connectivity index (χ0) is 16.5. The first-order valence-corrected chi connectivity index (χ1v) is 7.88. The van der Waals surface area contributed by atoms with Gasteiger partial charge in [0.1, 0.15) is 12.9 Å².